The molecule has 0 radical (unpaired) electrons. The molecule has 3 aromatic rings. The van der Waals surface area contributed by atoms with Crippen LogP contribution in [0.1, 0.15) is 0 Å². The summed E-state index contributed by atoms with van der Waals surface area (Å²) in [6.07, 6.45) is 3.05. The summed E-state index contributed by atoms with van der Waals surface area (Å²) in [5.41, 5.74) is 0. The zero-order valence-corrected chi connectivity index (χ0v) is 14.5. The maximum absolute atomic E-state index is 4.10. The molecule has 0 saturated heterocycles. The molecule has 116 valence electrons. The Hall–Kier alpha value is -2.17. The third-order valence-electron chi connectivity index (χ3n) is 4.95. The first-order valence-corrected chi connectivity index (χ1v) is 10.9. The van der Waals surface area contributed by atoms with Crippen molar-refractivity contribution in [2.75, 3.05) is 12.8 Å². The third-order valence-corrected chi connectivity index (χ3v) is 11.2. The van der Waals surface area contributed by atoms with Crippen molar-refractivity contribution < 1.29 is 0 Å². The van der Waals surface area contributed by atoms with Crippen molar-refractivity contribution in [3.63, 3.8) is 0 Å². The van der Waals surface area contributed by atoms with E-state index in [1.165, 1.54) is 15.9 Å². The van der Waals surface area contributed by atoms with Gasteiger partial charge in [-0.15, -0.1) is 0 Å². The van der Waals surface area contributed by atoms with Crippen LogP contribution in [0.2, 0.25) is 0 Å². The molecule has 0 fully saturated rings. The number of benzene rings is 3. The fourth-order valence-corrected chi connectivity index (χ4v) is 8.69. The number of rotatable bonds is 5. The van der Waals surface area contributed by atoms with Crippen molar-refractivity contribution in [2.24, 2.45) is 0 Å². The van der Waals surface area contributed by atoms with E-state index in [0.29, 0.717) is 0 Å². The molecule has 0 bridgehead atoms. The molecule has 0 N–H and O–H groups in total. The molecule has 0 aliphatic rings. The number of hydrogen-bond donors (Lipinski definition) is 0. The molecule has 0 aromatic heterocycles. The second kappa shape index (κ2) is 6.14. The second-order valence-electron chi connectivity index (χ2n) is 6.27. The zero-order valence-electron chi connectivity index (χ0n) is 13.6. The van der Waals surface area contributed by atoms with E-state index in [1.54, 1.807) is 0 Å². The van der Waals surface area contributed by atoms with Crippen molar-refractivity contribution in [2.45, 2.75) is 0 Å². The molecule has 0 aliphatic carbocycles. The van der Waals surface area contributed by atoms with Crippen LogP contribution in [0.15, 0.2) is 104 Å². The minimum atomic E-state index is -2.55. The summed E-state index contributed by atoms with van der Waals surface area (Å²) in [5, 5.41) is 4.24. The molecule has 0 nitrogen and oxygen atoms in total. The van der Waals surface area contributed by atoms with Crippen LogP contribution in [0.25, 0.3) is 0 Å². The van der Waals surface area contributed by atoms with Gasteiger partial charge in [-0.1, -0.05) is 0 Å². The van der Waals surface area contributed by atoms with Gasteiger partial charge in [0.1, 0.15) is 0 Å². The normalized spacial score (nSPS) is 13.0. The van der Waals surface area contributed by atoms with Crippen LogP contribution in [-0.4, -0.2) is 12.8 Å². The standard InChI is InChI=1S/C22H23P/c1-3-19-23(2,20-13-7-4-8-14-20,21-15-9-5-10-16-21)22-17-11-6-12-18-22/h3-18H,1,19H2,2H3. The third kappa shape index (κ3) is 2.44. The van der Waals surface area contributed by atoms with Crippen LogP contribution in [0.4, 0.5) is 0 Å². The first-order chi connectivity index (χ1) is 11.2. The topological polar surface area (TPSA) is 0 Å². The summed E-state index contributed by atoms with van der Waals surface area (Å²) in [6, 6.07) is 32.8. The van der Waals surface area contributed by atoms with Crippen LogP contribution in [0.3, 0.4) is 0 Å². The van der Waals surface area contributed by atoms with Crippen LogP contribution >= 0.6 is 6.60 Å². The average molecular weight is 318 g/mol. The van der Waals surface area contributed by atoms with Gasteiger partial charge in [0.2, 0.25) is 0 Å². The van der Waals surface area contributed by atoms with Crippen molar-refractivity contribution in [3.8, 4) is 0 Å². The Labute approximate surface area is 139 Å². The van der Waals surface area contributed by atoms with Gasteiger partial charge in [0.25, 0.3) is 0 Å². The van der Waals surface area contributed by atoms with E-state index in [1.807, 2.05) is 0 Å². The molecule has 0 aliphatic heterocycles. The Kier molecular flexibility index (Phi) is 4.20. The van der Waals surface area contributed by atoms with E-state index < -0.39 is 6.60 Å². The Balaban J connectivity index is 2.43. The monoisotopic (exact) mass is 318 g/mol. The Morgan fingerprint density at radius 2 is 0.957 bits per heavy atom. The van der Waals surface area contributed by atoms with Gasteiger partial charge in [-0.3, -0.25) is 0 Å². The van der Waals surface area contributed by atoms with E-state index >= 15 is 0 Å². The molecule has 0 heterocycles. The van der Waals surface area contributed by atoms with Crippen molar-refractivity contribution in [1.29, 1.82) is 0 Å². The van der Waals surface area contributed by atoms with E-state index in [9.17, 15) is 0 Å². The summed E-state index contributed by atoms with van der Waals surface area (Å²) in [4.78, 5) is 0. The zero-order chi connectivity index (χ0) is 16.2. The van der Waals surface area contributed by atoms with Crippen LogP contribution in [0.5, 0.6) is 0 Å². The van der Waals surface area contributed by atoms with Crippen LogP contribution in [-0.2, 0) is 0 Å². The van der Waals surface area contributed by atoms with Gasteiger partial charge in [0.15, 0.2) is 0 Å². The van der Waals surface area contributed by atoms with Crippen molar-refractivity contribution in [3.05, 3.63) is 104 Å². The quantitative estimate of drug-likeness (QED) is 0.485. The van der Waals surface area contributed by atoms with Gasteiger partial charge in [-0.25, -0.2) is 0 Å². The van der Waals surface area contributed by atoms with Gasteiger partial charge < -0.3 is 0 Å². The number of allylic oxidation sites excluding steroid dienone is 1. The Bertz CT molecular complexity index is 677. The predicted molar refractivity (Wildman–Crippen MR) is 106 cm³/mol. The summed E-state index contributed by atoms with van der Waals surface area (Å²) >= 11 is 0. The molecule has 0 atom stereocenters. The molecule has 23 heavy (non-hydrogen) atoms. The van der Waals surface area contributed by atoms with Gasteiger partial charge in [0.05, 0.1) is 0 Å². The first kappa shape index (κ1) is 15.7. The fraction of sp³-hybridized carbons (Fsp3) is 0.0909. The van der Waals surface area contributed by atoms with Gasteiger partial charge in [0, 0.05) is 0 Å². The molecule has 0 saturated carbocycles. The summed E-state index contributed by atoms with van der Waals surface area (Å²) in [6.45, 7) is 4.02. The maximum atomic E-state index is 4.10. The summed E-state index contributed by atoms with van der Waals surface area (Å²) in [5.74, 6) is 0. The Morgan fingerprint density at radius 3 is 1.22 bits per heavy atom. The summed E-state index contributed by atoms with van der Waals surface area (Å²) in [7, 11) is 0. The van der Waals surface area contributed by atoms with E-state index in [0.717, 1.165) is 6.16 Å². The molecular weight excluding hydrogens is 295 g/mol. The second-order valence-corrected chi connectivity index (χ2v) is 11.8. The predicted octanol–water partition coefficient (Wildman–Crippen LogP) is 4.33. The first-order valence-electron chi connectivity index (χ1n) is 7.98. The fourth-order valence-electron chi connectivity index (χ4n) is 3.58. The summed E-state index contributed by atoms with van der Waals surface area (Å²) < 4.78 is 0. The Morgan fingerprint density at radius 1 is 0.652 bits per heavy atom. The van der Waals surface area contributed by atoms with Crippen molar-refractivity contribution in [1.82, 2.24) is 0 Å². The van der Waals surface area contributed by atoms with E-state index in [2.05, 4.69) is 110 Å². The minimum absolute atomic E-state index is 0.962. The average Bonchev–Trinajstić information content (AvgIpc) is 2.64. The van der Waals surface area contributed by atoms with E-state index in [-0.39, 0.29) is 0 Å². The molecule has 0 unspecified atom stereocenters. The molecule has 3 rings (SSSR count). The molecule has 3 aromatic carbocycles. The molecule has 0 amide bonds. The van der Waals surface area contributed by atoms with E-state index in [4.69, 9.17) is 0 Å². The molecule has 1 heteroatoms. The van der Waals surface area contributed by atoms with Crippen molar-refractivity contribution >= 4 is 22.5 Å². The van der Waals surface area contributed by atoms with Gasteiger partial charge in [-0.05, 0) is 0 Å². The van der Waals surface area contributed by atoms with Crippen LogP contribution in [0, 0.1) is 0 Å². The molecule has 0 spiro atoms. The SMILES string of the molecule is C=CCP(C)(c1ccccc1)(c1ccccc1)c1ccccc1. The molecular formula is C22H23P. The van der Waals surface area contributed by atoms with Gasteiger partial charge >= 0.3 is 139 Å². The van der Waals surface area contributed by atoms with Crippen LogP contribution < -0.4 is 15.9 Å². The van der Waals surface area contributed by atoms with Gasteiger partial charge in [-0.2, -0.15) is 0 Å². The number of hydrogen-bond acceptors (Lipinski definition) is 0.